The third kappa shape index (κ3) is 8.54. The van der Waals surface area contributed by atoms with E-state index in [1.807, 2.05) is 0 Å². The fourth-order valence-corrected chi connectivity index (χ4v) is 7.12. The second-order valence-corrected chi connectivity index (χ2v) is 15.4. The summed E-state index contributed by atoms with van der Waals surface area (Å²) in [5.74, 6) is -4.57. The zero-order chi connectivity index (χ0) is 39.7. The van der Waals surface area contributed by atoms with Crippen LogP contribution in [0.4, 0.5) is 10.1 Å². The molecular weight excluding hydrogens is 736 g/mol. The summed E-state index contributed by atoms with van der Waals surface area (Å²) in [6.07, 6.45) is 3.84. The number of aliphatic hydroxyl groups is 1. The van der Waals surface area contributed by atoms with Gasteiger partial charge in [0, 0.05) is 42.2 Å². The molecule has 0 bridgehead atoms. The fourth-order valence-electron chi connectivity index (χ4n) is 6.25. The number of nitrogens with one attached hydrogen (secondary N) is 3. The van der Waals surface area contributed by atoms with Gasteiger partial charge in [-0.1, -0.05) is 18.2 Å². The summed E-state index contributed by atoms with van der Waals surface area (Å²) in [5, 5.41) is 18.3. The summed E-state index contributed by atoms with van der Waals surface area (Å²) in [4.78, 5) is 64.3. The van der Waals surface area contributed by atoms with Crippen molar-refractivity contribution >= 4 is 56.2 Å². The molecule has 55 heavy (non-hydrogen) atoms. The lowest BCUT2D eigenvalue weighted by Crippen LogP contribution is -2.52. The van der Waals surface area contributed by atoms with Gasteiger partial charge in [-0.2, -0.15) is 0 Å². The molecule has 0 spiro atoms. The number of halogens is 1. The van der Waals surface area contributed by atoms with Crippen molar-refractivity contribution in [2.24, 2.45) is 0 Å². The molecule has 14 nitrogen and oxygen atoms in total. The molecule has 2 saturated carbocycles. The molecule has 0 aliphatic heterocycles. The molecule has 6 rings (SSSR count). The molecule has 3 amide bonds. The van der Waals surface area contributed by atoms with Crippen LogP contribution < -0.4 is 20.3 Å². The number of aliphatic hydroxyl groups excluding tert-OH is 1. The molecule has 0 saturated heterocycles. The lowest BCUT2D eigenvalue weighted by molar-refractivity contribution is -0.141. The molecule has 288 valence electrons. The van der Waals surface area contributed by atoms with Crippen LogP contribution in [0.2, 0.25) is 0 Å². The van der Waals surface area contributed by atoms with Gasteiger partial charge in [-0.3, -0.25) is 23.5 Å². The first-order valence-corrected chi connectivity index (χ1v) is 19.4. The van der Waals surface area contributed by atoms with E-state index in [0.717, 1.165) is 29.5 Å². The van der Waals surface area contributed by atoms with E-state index in [1.54, 1.807) is 25.1 Å². The number of nitrogens with zero attached hydrogens (tertiary/aromatic N) is 1. The van der Waals surface area contributed by atoms with Gasteiger partial charge >= 0.3 is 5.97 Å². The first-order chi connectivity index (χ1) is 26.1. The molecule has 16 heteroatoms. The average molecular weight is 775 g/mol. The number of allylic oxidation sites excluding steroid dienone is 1. The molecule has 0 unspecified atom stereocenters. The highest BCUT2D eigenvalue weighted by molar-refractivity contribution is 7.92. The molecule has 2 aliphatic rings. The molecule has 2 aliphatic carbocycles. The van der Waals surface area contributed by atoms with Gasteiger partial charge in [0.2, 0.25) is 27.6 Å². The summed E-state index contributed by atoms with van der Waals surface area (Å²) in [6.45, 7) is 0.904. The monoisotopic (exact) mass is 774 g/mol. The maximum Gasteiger partial charge on any atom is 0.373 e. The number of rotatable bonds is 15. The Labute approximate surface area is 315 Å². The fraction of sp³-hybridized carbons (Fsp3) is 0.308. The number of ether oxygens (including phenoxy) is 1. The predicted octanol–water partition coefficient (Wildman–Crippen LogP) is 4.39. The van der Waals surface area contributed by atoms with E-state index >= 15 is 0 Å². The third-order valence-electron chi connectivity index (χ3n) is 9.35. The van der Waals surface area contributed by atoms with Crippen LogP contribution in [0.25, 0.3) is 22.3 Å². The second-order valence-electron chi connectivity index (χ2n) is 13.5. The van der Waals surface area contributed by atoms with Crippen LogP contribution in [0.5, 0.6) is 0 Å². The highest BCUT2D eigenvalue weighted by Crippen LogP contribution is 2.48. The van der Waals surface area contributed by atoms with Crippen LogP contribution in [-0.4, -0.2) is 75.0 Å². The number of hydrogen-bond acceptors (Lipinski definition) is 10. The first kappa shape index (κ1) is 38.7. The zero-order valence-corrected chi connectivity index (χ0v) is 31.0. The average Bonchev–Trinajstić information content (AvgIpc) is 4.10. The minimum atomic E-state index is -4.08. The Morgan fingerprint density at radius 3 is 2.38 bits per heavy atom. The molecule has 1 heterocycles. The van der Waals surface area contributed by atoms with Crippen molar-refractivity contribution in [3.63, 3.8) is 0 Å². The summed E-state index contributed by atoms with van der Waals surface area (Å²) in [6, 6.07) is 14.8. The second kappa shape index (κ2) is 15.4. The maximum absolute atomic E-state index is 13.7. The quantitative estimate of drug-likeness (QED) is 0.0581. The molecule has 1 aromatic heterocycles. The van der Waals surface area contributed by atoms with Crippen LogP contribution in [-0.2, 0) is 35.7 Å². The van der Waals surface area contributed by atoms with Crippen molar-refractivity contribution in [3.05, 3.63) is 101 Å². The van der Waals surface area contributed by atoms with Crippen molar-refractivity contribution in [2.45, 2.75) is 50.6 Å². The van der Waals surface area contributed by atoms with Gasteiger partial charge in [0.1, 0.15) is 29.2 Å². The third-order valence-corrected chi connectivity index (χ3v) is 10.5. The first-order valence-electron chi connectivity index (χ1n) is 17.5. The Balaban J connectivity index is 1.20. The molecule has 4 aromatic rings. The summed E-state index contributed by atoms with van der Waals surface area (Å²) >= 11 is 0. The minimum Gasteiger partial charge on any atom is -0.502 e. The predicted molar refractivity (Wildman–Crippen MR) is 199 cm³/mol. The lowest BCUT2D eigenvalue weighted by Gasteiger charge is -2.26. The van der Waals surface area contributed by atoms with Crippen molar-refractivity contribution < 1.29 is 51.0 Å². The molecule has 0 atom stereocenters. The van der Waals surface area contributed by atoms with E-state index in [1.165, 1.54) is 49.5 Å². The normalized spacial score (nSPS) is 14.9. The van der Waals surface area contributed by atoms with E-state index in [9.17, 15) is 41.9 Å². The number of anilines is 1. The van der Waals surface area contributed by atoms with E-state index in [4.69, 9.17) is 4.42 Å². The Bertz CT molecular complexity index is 2350. The van der Waals surface area contributed by atoms with Gasteiger partial charge in [-0.25, -0.2) is 17.6 Å². The molecule has 3 aromatic carbocycles. The van der Waals surface area contributed by atoms with Gasteiger partial charge < -0.3 is 30.2 Å². The van der Waals surface area contributed by atoms with Crippen LogP contribution in [0, 0.1) is 5.82 Å². The number of ketones is 1. The van der Waals surface area contributed by atoms with Gasteiger partial charge in [0.15, 0.2) is 5.78 Å². The smallest absolute Gasteiger partial charge is 0.373 e. The van der Waals surface area contributed by atoms with Crippen molar-refractivity contribution in [3.8, 4) is 11.3 Å². The summed E-state index contributed by atoms with van der Waals surface area (Å²) in [5.41, 5.74) is 1.01. The van der Waals surface area contributed by atoms with Gasteiger partial charge in [-0.15, -0.1) is 0 Å². The Morgan fingerprint density at radius 1 is 1.05 bits per heavy atom. The topological polar surface area (TPSA) is 201 Å². The summed E-state index contributed by atoms with van der Waals surface area (Å²) in [7, 11) is -2.62. The molecule has 0 radical (unpaired) electrons. The van der Waals surface area contributed by atoms with Gasteiger partial charge in [0.05, 0.1) is 24.1 Å². The number of esters is 1. The van der Waals surface area contributed by atoms with E-state index in [-0.39, 0.29) is 47.2 Å². The Hall–Kier alpha value is -6.03. The number of hydrogen-bond donors (Lipinski definition) is 4. The Kier molecular flexibility index (Phi) is 10.8. The molecular formula is C39H39FN4O10S. The minimum absolute atomic E-state index is 0.0192. The van der Waals surface area contributed by atoms with Crippen LogP contribution in [0.3, 0.4) is 0 Å². The van der Waals surface area contributed by atoms with Crippen molar-refractivity contribution in [1.82, 2.24) is 16.0 Å². The zero-order valence-electron chi connectivity index (χ0n) is 30.2. The number of amides is 3. The highest BCUT2D eigenvalue weighted by atomic mass is 32.2. The van der Waals surface area contributed by atoms with Crippen LogP contribution >= 0.6 is 0 Å². The molecule has 4 N–H and O–H groups in total. The molecule has 2 fully saturated rings. The van der Waals surface area contributed by atoms with E-state index < -0.39 is 63.2 Å². The number of furan rings is 1. The standard InChI is InChI=1S/C39H39FN4O10S/c1-4-53-37(49)31(46)19-30(45)25-7-5-6-22(16-25)20-42-38(50)39(14-15-39)43-33(47)21-44(55(3,51)52)29-18-32-28(17-27(29)23-8-9-23)34(36(48)41-2)35(54-32)24-10-12-26(40)13-11-24/h5-7,10-13,16-19,23,46H,4,8-9,14-15,20-21H2,1-3H3,(H,41,48)(H,42,50)(H,43,47)/b31-19-. The maximum atomic E-state index is 13.7. The van der Waals surface area contributed by atoms with Crippen molar-refractivity contribution in [2.75, 3.05) is 30.8 Å². The highest BCUT2D eigenvalue weighted by Gasteiger charge is 2.51. The largest absolute Gasteiger partial charge is 0.502 e. The Morgan fingerprint density at radius 2 is 1.76 bits per heavy atom. The lowest BCUT2D eigenvalue weighted by atomic mass is 10.0. The SMILES string of the molecule is CCOC(=O)/C(O)=C/C(=O)c1cccc(CNC(=O)C2(NC(=O)CN(c3cc4oc(-c5ccc(F)cc5)c(C(=O)NC)c4cc3C3CC3)S(C)(=O)=O)CC2)c1. The number of carbonyl (C=O) groups excluding carboxylic acids is 5. The van der Waals surface area contributed by atoms with E-state index in [0.29, 0.717) is 34.9 Å². The van der Waals surface area contributed by atoms with Gasteiger partial charge in [-0.05, 0) is 86.1 Å². The van der Waals surface area contributed by atoms with Gasteiger partial charge in [0.25, 0.3) is 5.91 Å². The number of benzene rings is 3. The van der Waals surface area contributed by atoms with E-state index in [2.05, 4.69) is 20.7 Å². The van der Waals surface area contributed by atoms with Crippen LogP contribution in [0.15, 0.2) is 76.9 Å². The summed E-state index contributed by atoms with van der Waals surface area (Å²) < 4.78 is 52.2. The number of sulfonamides is 1. The number of carbonyl (C=O) groups is 5. The number of fused-ring (bicyclic) bond motifs is 1. The van der Waals surface area contributed by atoms with Crippen LogP contribution in [0.1, 0.15) is 70.4 Å². The van der Waals surface area contributed by atoms with Crippen molar-refractivity contribution in [1.29, 1.82) is 0 Å².